The Hall–Kier alpha value is -0.930. The van der Waals surface area contributed by atoms with Crippen molar-refractivity contribution in [1.29, 1.82) is 0 Å². The number of phenols is 1. The Morgan fingerprint density at radius 1 is 1.38 bits per heavy atom. The van der Waals surface area contributed by atoms with Crippen LogP contribution in [0.3, 0.4) is 0 Å². The number of aromatic hydroxyl groups is 1. The summed E-state index contributed by atoms with van der Waals surface area (Å²) in [4.78, 5) is 11.1. The Balaban J connectivity index is 3.28. The second kappa shape index (κ2) is 3.85. The molecule has 1 N–H and O–H groups in total. The Morgan fingerprint density at radius 3 is 2.23 bits per heavy atom. The maximum Gasteiger partial charge on any atom is 0.340 e. The van der Waals surface area contributed by atoms with Crippen molar-refractivity contribution < 1.29 is 14.6 Å². The molecular formula is C8H6Cl2O3. The average Bonchev–Trinajstić information content (AvgIpc) is 2.02. The molecule has 0 atom stereocenters. The molecule has 0 fully saturated rings. The minimum absolute atomic E-state index is 0.0589. The van der Waals surface area contributed by atoms with Crippen LogP contribution in [0.15, 0.2) is 12.1 Å². The van der Waals surface area contributed by atoms with Crippen LogP contribution in [0.1, 0.15) is 10.4 Å². The zero-order chi connectivity index (χ0) is 10.0. The van der Waals surface area contributed by atoms with Crippen LogP contribution in [0, 0.1) is 0 Å². The van der Waals surface area contributed by atoms with E-state index in [9.17, 15) is 4.79 Å². The maximum absolute atomic E-state index is 11.1. The van der Waals surface area contributed by atoms with Gasteiger partial charge in [0.05, 0.1) is 22.7 Å². The van der Waals surface area contributed by atoms with Crippen molar-refractivity contribution >= 4 is 29.2 Å². The standard InChI is InChI=1S/C8H6Cl2O3/c1-13-8(12)7-5(9)2-4(11)3-6(7)10/h2-3,11H,1H3. The quantitative estimate of drug-likeness (QED) is 0.741. The third-order valence-electron chi connectivity index (χ3n) is 1.42. The topological polar surface area (TPSA) is 46.5 Å². The number of rotatable bonds is 1. The fourth-order valence-electron chi connectivity index (χ4n) is 0.857. The second-order valence-electron chi connectivity index (χ2n) is 2.28. The van der Waals surface area contributed by atoms with Crippen LogP contribution in [0.2, 0.25) is 10.0 Å². The van der Waals surface area contributed by atoms with Gasteiger partial charge in [0.1, 0.15) is 5.75 Å². The molecule has 0 aliphatic heterocycles. The lowest BCUT2D eigenvalue weighted by molar-refractivity contribution is 0.0601. The number of carbonyl (C=O) groups excluding carboxylic acids is 1. The maximum atomic E-state index is 11.1. The molecule has 0 spiro atoms. The molecule has 5 heteroatoms. The van der Waals surface area contributed by atoms with Gasteiger partial charge in [-0.05, 0) is 12.1 Å². The average molecular weight is 221 g/mol. The summed E-state index contributed by atoms with van der Waals surface area (Å²) in [6, 6.07) is 2.44. The van der Waals surface area contributed by atoms with E-state index in [1.165, 1.54) is 19.2 Å². The Bertz CT molecular complexity index is 326. The number of methoxy groups -OCH3 is 1. The molecule has 0 radical (unpaired) electrons. The first-order chi connectivity index (χ1) is 6.06. The number of hydrogen-bond donors (Lipinski definition) is 1. The van der Waals surface area contributed by atoms with Gasteiger partial charge >= 0.3 is 5.97 Å². The Morgan fingerprint density at radius 2 is 1.85 bits per heavy atom. The van der Waals surface area contributed by atoms with Crippen molar-refractivity contribution in [3.05, 3.63) is 27.7 Å². The van der Waals surface area contributed by atoms with Gasteiger partial charge in [0.25, 0.3) is 0 Å². The van der Waals surface area contributed by atoms with Crippen LogP contribution in [-0.2, 0) is 4.74 Å². The molecule has 0 aliphatic rings. The number of carbonyl (C=O) groups is 1. The van der Waals surface area contributed by atoms with Gasteiger partial charge in [-0.2, -0.15) is 0 Å². The monoisotopic (exact) mass is 220 g/mol. The minimum atomic E-state index is -0.630. The van der Waals surface area contributed by atoms with E-state index >= 15 is 0 Å². The van der Waals surface area contributed by atoms with Crippen LogP contribution in [0.4, 0.5) is 0 Å². The van der Waals surface area contributed by atoms with Gasteiger partial charge in [0.2, 0.25) is 0 Å². The van der Waals surface area contributed by atoms with Crippen molar-refractivity contribution in [2.45, 2.75) is 0 Å². The smallest absolute Gasteiger partial charge is 0.340 e. The van der Waals surface area contributed by atoms with Crippen LogP contribution >= 0.6 is 23.2 Å². The van der Waals surface area contributed by atoms with E-state index in [1.807, 2.05) is 0 Å². The predicted octanol–water partition coefficient (Wildman–Crippen LogP) is 2.49. The highest BCUT2D eigenvalue weighted by atomic mass is 35.5. The van der Waals surface area contributed by atoms with E-state index in [-0.39, 0.29) is 21.4 Å². The lowest BCUT2D eigenvalue weighted by Gasteiger charge is -2.04. The molecule has 13 heavy (non-hydrogen) atoms. The minimum Gasteiger partial charge on any atom is -0.508 e. The molecule has 0 heterocycles. The third kappa shape index (κ3) is 2.05. The molecule has 0 aromatic heterocycles. The van der Waals surface area contributed by atoms with E-state index in [2.05, 4.69) is 4.74 Å². The van der Waals surface area contributed by atoms with Crippen LogP contribution in [0.25, 0.3) is 0 Å². The summed E-state index contributed by atoms with van der Waals surface area (Å²) < 4.78 is 4.45. The molecule has 1 rings (SSSR count). The zero-order valence-corrected chi connectivity index (χ0v) is 8.19. The third-order valence-corrected chi connectivity index (χ3v) is 2.01. The highest BCUT2D eigenvalue weighted by Gasteiger charge is 2.16. The van der Waals surface area contributed by atoms with E-state index in [1.54, 1.807) is 0 Å². The highest BCUT2D eigenvalue weighted by Crippen LogP contribution is 2.29. The summed E-state index contributed by atoms with van der Waals surface area (Å²) in [6.45, 7) is 0. The summed E-state index contributed by atoms with van der Waals surface area (Å²) >= 11 is 11.3. The first kappa shape index (κ1) is 10.2. The molecule has 0 amide bonds. The van der Waals surface area contributed by atoms with Crippen molar-refractivity contribution in [3.8, 4) is 5.75 Å². The van der Waals surface area contributed by atoms with Gasteiger partial charge < -0.3 is 9.84 Å². The van der Waals surface area contributed by atoms with E-state index < -0.39 is 5.97 Å². The fourth-order valence-corrected chi connectivity index (χ4v) is 1.49. The zero-order valence-electron chi connectivity index (χ0n) is 6.67. The van der Waals surface area contributed by atoms with Crippen molar-refractivity contribution in [1.82, 2.24) is 0 Å². The number of halogens is 2. The number of ether oxygens (including phenoxy) is 1. The number of benzene rings is 1. The number of esters is 1. The van der Waals surface area contributed by atoms with E-state index in [0.717, 1.165) is 0 Å². The highest BCUT2D eigenvalue weighted by molar-refractivity contribution is 6.39. The molecule has 0 bridgehead atoms. The van der Waals surface area contributed by atoms with Gasteiger partial charge in [-0.3, -0.25) is 0 Å². The number of hydrogen-bond acceptors (Lipinski definition) is 3. The molecule has 0 unspecified atom stereocenters. The van der Waals surface area contributed by atoms with Crippen LogP contribution in [0.5, 0.6) is 5.75 Å². The first-order valence-corrected chi connectivity index (χ1v) is 4.08. The molecule has 0 saturated carbocycles. The fraction of sp³-hybridized carbons (Fsp3) is 0.125. The second-order valence-corrected chi connectivity index (χ2v) is 3.09. The molecule has 0 aliphatic carbocycles. The molecule has 3 nitrogen and oxygen atoms in total. The Labute approximate surface area is 84.8 Å². The summed E-state index contributed by atoms with van der Waals surface area (Å²) in [5.41, 5.74) is 0.0589. The molecule has 0 saturated heterocycles. The summed E-state index contributed by atoms with van der Waals surface area (Å²) in [6.07, 6.45) is 0. The lowest BCUT2D eigenvalue weighted by Crippen LogP contribution is -2.02. The van der Waals surface area contributed by atoms with Gasteiger partial charge in [-0.25, -0.2) is 4.79 Å². The molecular weight excluding hydrogens is 215 g/mol. The normalized spacial score (nSPS) is 9.77. The SMILES string of the molecule is COC(=O)c1c(Cl)cc(O)cc1Cl. The van der Waals surface area contributed by atoms with E-state index in [0.29, 0.717) is 0 Å². The summed E-state index contributed by atoms with van der Waals surface area (Å²) in [5.74, 6) is -0.724. The van der Waals surface area contributed by atoms with Crippen molar-refractivity contribution in [2.75, 3.05) is 7.11 Å². The predicted molar refractivity (Wildman–Crippen MR) is 49.5 cm³/mol. The summed E-state index contributed by atoms with van der Waals surface area (Å²) in [7, 11) is 1.22. The first-order valence-electron chi connectivity index (χ1n) is 3.32. The van der Waals surface area contributed by atoms with E-state index in [4.69, 9.17) is 28.3 Å². The van der Waals surface area contributed by atoms with Gasteiger partial charge in [-0.1, -0.05) is 23.2 Å². The largest absolute Gasteiger partial charge is 0.508 e. The van der Waals surface area contributed by atoms with Crippen LogP contribution in [-0.4, -0.2) is 18.2 Å². The number of phenolic OH excluding ortho intramolecular Hbond substituents is 1. The summed E-state index contributed by atoms with van der Waals surface area (Å²) in [5, 5.41) is 9.18. The molecule has 1 aromatic carbocycles. The molecule has 70 valence electrons. The van der Waals surface area contributed by atoms with Crippen LogP contribution < -0.4 is 0 Å². The van der Waals surface area contributed by atoms with Gasteiger partial charge in [0.15, 0.2) is 0 Å². The Kier molecular flexibility index (Phi) is 3.01. The van der Waals surface area contributed by atoms with Crippen molar-refractivity contribution in [2.24, 2.45) is 0 Å². The lowest BCUT2D eigenvalue weighted by atomic mass is 10.2. The van der Waals surface area contributed by atoms with Gasteiger partial charge in [0, 0.05) is 0 Å². The van der Waals surface area contributed by atoms with Crippen molar-refractivity contribution in [3.63, 3.8) is 0 Å². The molecule has 1 aromatic rings. The van der Waals surface area contributed by atoms with Gasteiger partial charge in [-0.15, -0.1) is 0 Å².